The quantitative estimate of drug-likeness (QED) is 0.773. The zero-order valence-corrected chi connectivity index (χ0v) is 12.4. The Labute approximate surface area is 129 Å². The van der Waals surface area contributed by atoms with Crippen molar-refractivity contribution in [1.29, 1.82) is 0 Å². The van der Waals surface area contributed by atoms with Gasteiger partial charge in [0.25, 0.3) is 0 Å². The van der Waals surface area contributed by atoms with Crippen molar-refractivity contribution in [2.24, 2.45) is 0 Å². The minimum Gasteiger partial charge on any atom is -0.508 e. The van der Waals surface area contributed by atoms with E-state index < -0.39 is 0 Å². The molecule has 0 spiro atoms. The number of aromatic hydroxyl groups is 1. The number of phenolic OH excluding ortho intramolecular Hbond substituents is 1. The second kappa shape index (κ2) is 5.93. The summed E-state index contributed by atoms with van der Waals surface area (Å²) < 4.78 is 0. The number of carbonyl (C=O) groups is 1. The Morgan fingerprint density at radius 1 is 1.14 bits per heavy atom. The molecule has 4 heteroatoms. The predicted molar refractivity (Wildman–Crippen MR) is 89.2 cm³/mol. The Kier molecular flexibility index (Phi) is 3.83. The highest BCUT2D eigenvalue weighted by Crippen LogP contribution is 2.30. The minimum absolute atomic E-state index is 0.166. The first-order valence-electron chi connectivity index (χ1n) is 7.29. The van der Waals surface area contributed by atoms with Crippen LogP contribution in [0, 0.1) is 0 Å². The fourth-order valence-corrected chi connectivity index (χ4v) is 2.63. The lowest BCUT2D eigenvalue weighted by molar-refractivity contribution is 0.257. The van der Waals surface area contributed by atoms with Gasteiger partial charge in [-0.05, 0) is 49.2 Å². The van der Waals surface area contributed by atoms with Crippen molar-refractivity contribution in [2.75, 3.05) is 16.8 Å². The van der Waals surface area contributed by atoms with Crippen molar-refractivity contribution in [3.8, 4) is 5.75 Å². The number of para-hydroxylation sites is 1. The molecule has 0 fully saturated rings. The molecule has 112 valence electrons. The van der Waals surface area contributed by atoms with E-state index in [1.165, 1.54) is 5.57 Å². The predicted octanol–water partition coefficient (Wildman–Crippen LogP) is 4.24. The Hall–Kier alpha value is -2.75. The number of allylic oxidation sites excluding steroid dienone is 1. The van der Waals surface area contributed by atoms with Crippen LogP contribution in [0.3, 0.4) is 0 Å². The van der Waals surface area contributed by atoms with Crippen LogP contribution in [0.25, 0.3) is 5.57 Å². The summed E-state index contributed by atoms with van der Waals surface area (Å²) in [6, 6.07) is 14.2. The SMILES string of the molecule is CC1=CCCN(C(=O)Nc2ccc(O)cc2)c2ccccc21. The molecule has 2 aromatic carbocycles. The first kappa shape index (κ1) is 14.2. The molecule has 0 saturated heterocycles. The molecule has 4 nitrogen and oxygen atoms in total. The van der Waals surface area contributed by atoms with E-state index >= 15 is 0 Å². The number of benzene rings is 2. The molecule has 22 heavy (non-hydrogen) atoms. The van der Waals surface area contributed by atoms with E-state index in [9.17, 15) is 9.90 Å². The average Bonchev–Trinajstić information content (AvgIpc) is 2.69. The van der Waals surface area contributed by atoms with Crippen molar-refractivity contribution >= 4 is 23.0 Å². The van der Waals surface area contributed by atoms with Gasteiger partial charge in [0.2, 0.25) is 0 Å². The van der Waals surface area contributed by atoms with Crippen LogP contribution in [0.4, 0.5) is 16.2 Å². The number of phenols is 1. The zero-order chi connectivity index (χ0) is 15.5. The molecule has 1 heterocycles. The molecular formula is C18H18N2O2. The molecule has 0 bridgehead atoms. The van der Waals surface area contributed by atoms with Crippen molar-refractivity contribution < 1.29 is 9.90 Å². The molecule has 2 aromatic rings. The maximum Gasteiger partial charge on any atom is 0.326 e. The lowest BCUT2D eigenvalue weighted by atomic mass is 10.1. The molecule has 1 aliphatic rings. The van der Waals surface area contributed by atoms with E-state index in [4.69, 9.17) is 0 Å². The third kappa shape index (κ3) is 2.81. The minimum atomic E-state index is -0.166. The third-order valence-corrected chi connectivity index (χ3v) is 3.79. The molecular weight excluding hydrogens is 276 g/mol. The largest absolute Gasteiger partial charge is 0.508 e. The first-order chi connectivity index (χ1) is 10.6. The topological polar surface area (TPSA) is 52.6 Å². The number of amides is 2. The maximum atomic E-state index is 12.6. The lowest BCUT2D eigenvalue weighted by Gasteiger charge is -2.23. The van der Waals surface area contributed by atoms with Gasteiger partial charge in [-0.15, -0.1) is 0 Å². The van der Waals surface area contributed by atoms with Crippen molar-refractivity contribution in [1.82, 2.24) is 0 Å². The Morgan fingerprint density at radius 2 is 1.86 bits per heavy atom. The van der Waals surface area contributed by atoms with Crippen LogP contribution >= 0.6 is 0 Å². The number of fused-ring (bicyclic) bond motifs is 1. The standard InChI is InChI=1S/C18H18N2O2/c1-13-5-4-12-20(17-7-3-2-6-16(13)17)18(22)19-14-8-10-15(21)11-9-14/h2-3,5-11,21H,4,12H2,1H3,(H,19,22). The van der Waals surface area contributed by atoms with Gasteiger partial charge < -0.3 is 10.4 Å². The van der Waals surface area contributed by atoms with E-state index in [1.54, 1.807) is 29.2 Å². The second-order valence-electron chi connectivity index (χ2n) is 5.32. The summed E-state index contributed by atoms with van der Waals surface area (Å²) in [7, 11) is 0. The fraction of sp³-hybridized carbons (Fsp3) is 0.167. The van der Waals surface area contributed by atoms with Gasteiger partial charge in [-0.3, -0.25) is 4.90 Å². The van der Waals surface area contributed by atoms with Crippen molar-refractivity contribution in [2.45, 2.75) is 13.3 Å². The van der Waals surface area contributed by atoms with Gasteiger partial charge in [0.15, 0.2) is 0 Å². The summed E-state index contributed by atoms with van der Waals surface area (Å²) >= 11 is 0. The van der Waals surface area contributed by atoms with Gasteiger partial charge in [0.05, 0.1) is 5.69 Å². The molecule has 1 aliphatic heterocycles. The molecule has 2 amide bonds. The monoisotopic (exact) mass is 294 g/mol. The Morgan fingerprint density at radius 3 is 2.64 bits per heavy atom. The van der Waals surface area contributed by atoms with Crippen LogP contribution in [0.2, 0.25) is 0 Å². The molecule has 0 atom stereocenters. The molecule has 0 saturated carbocycles. The number of anilines is 2. The number of carbonyl (C=O) groups excluding carboxylic acids is 1. The summed E-state index contributed by atoms with van der Waals surface area (Å²) in [4.78, 5) is 14.4. The van der Waals surface area contributed by atoms with Crippen molar-refractivity contribution in [3.63, 3.8) is 0 Å². The van der Waals surface area contributed by atoms with E-state index in [1.807, 2.05) is 24.3 Å². The number of nitrogens with one attached hydrogen (secondary N) is 1. The second-order valence-corrected chi connectivity index (χ2v) is 5.32. The van der Waals surface area contributed by atoms with Gasteiger partial charge in [0, 0.05) is 17.8 Å². The Balaban J connectivity index is 1.87. The number of urea groups is 1. The normalized spacial score (nSPS) is 13.9. The van der Waals surface area contributed by atoms with Gasteiger partial charge in [0.1, 0.15) is 5.75 Å². The van der Waals surface area contributed by atoms with Crippen LogP contribution in [0.5, 0.6) is 5.75 Å². The van der Waals surface area contributed by atoms with Gasteiger partial charge in [-0.2, -0.15) is 0 Å². The van der Waals surface area contributed by atoms with Crippen LogP contribution in [0.15, 0.2) is 54.6 Å². The highest BCUT2D eigenvalue weighted by Gasteiger charge is 2.20. The van der Waals surface area contributed by atoms with Gasteiger partial charge in [-0.1, -0.05) is 24.3 Å². The molecule has 2 N–H and O–H groups in total. The smallest absolute Gasteiger partial charge is 0.326 e. The van der Waals surface area contributed by atoms with Crippen LogP contribution < -0.4 is 10.2 Å². The zero-order valence-electron chi connectivity index (χ0n) is 12.4. The number of hydrogen-bond donors (Lipinski definition) is 2. The summed E-state index contributed by atoms with van der Waals surface area (Å²) in [5, 5.41) is 12.2. The molecule has 0 aliphatic carbocycles. The van der Waals surface area contributed by atoms with Gasteiger partial charge >= 0.3 is 6.03 Å². The summed E-state index contributed by atoms with van der Waals surface area (Å²) in [5.74, 6) is 0.179. The molecule has 0 radical (unpaired) electrons. The fourth-order valence-electron chi connectivity index (χ4n) is 2.63. The van der Waals surface area contributed by atoms with Crippen LogP contribution in [-0.4, -0.2) is 17.7 Å². The van der Waals surface area contributed by atoms with Crippen LogP contribution in [-0.2, 0) is 0 Å². The number of rotatable bonds is 1. The molecule has 0 aromatic heterocycles. The van der Waals surface area contributed by atoms with Crippen molar-refractivity contribution in [3.05, 3.63) is 60.2 Å². The first-order valence-corrected chi connectivity index (χ1v) is 7.29. The lowest BCUT2D eigenvalue weighted by Crippen LogP contribution is -2.35. The summed E-state index contributed by atoms with van der Waals surface area (Å²) in [6.07, 6.45) is 2.98. The van der Waals surface area contributed by atoms with E-state index in [0.29, 0.717) is 12.2 Å². The average molecular weight is 294 g/mol. The van der Waals surface area contributed by atoms with E-state index in [-0.39, 0.29) is 11.8 Å². The van der Waals surface area contributed by atoms with E-state index in [2.05, 4.69) is 18.3 Å². The molecule has 0 unspecified atom stereocenters. The van der Waals surface area contributed by atoms with E-state index in [0.717, 1.165) is 17.7 Å². The van der Waals surface area contributed by atoms with Gasteiger partial charge in [-0.25, -0.2) is 4.79 Å². The van der Waals surface area contributed by atoms with Crippen LogP contribution in [0.1, 0.15) is 18.9 Å². The maximum absolute atomic E-state index is 12.6. The number of nitrogens with zero attached hydrogens (tertiary/aromatic N) is 1. The summed E-state index contributed by atoms with van der Waals surface area (Å²) in [5.41, 5.74) is 3.86. The number of hydrogen-bond acceptors (Lipinski definition) is 2. The summed E-state index contributed by atoms with van der Waals surface area (Å²) in [6.45, 7) is 2.71. The highest BCUT2D eigenvalue weighted by atomic mass is 16.3. The molecule has 3 rings (SSSR count). The third-order valence-electron chi connectivity index (χ3n) is 3.79. The highest BCUT2D eigenvalue weighted by molar-refractivity contribution is 6.03. The Bertz CT molecular complexity index is 720.